The second-order valence-corrected chi connectivity index (χ2v) is 8.51. The van der Waals surface area contributed by atoms with Gasteiger partial charge < -0.3 is 0 Å². The molecule has 1 heterocycles. The summed E-state index contributed by atoms with van der Waals surface area (Å²) in [6.45, 7) is 14.5. The average Bonchev–Trinajstić information content (AvgIpc) is 2.97. The summed E-state index contributed by atoms with van der Waals surface area (Å²) in [4.78, 5) is 2.53. The first kappa shape index (κ1) is 14.3. The topological polar surface area (TPSA) is 3.24 Å². The lowest BCUT2D eigenvalue weighted by Crippen LogP contribution is -2.60. The van der Waals surface area contributed by atoms with Crippen LogP contribution < -0.4 is 0 Å². The number of halogens is 1. The van der Waals surface area contributed by atoms with E-state index in [9.17, 15) is 0 Å². The van der Waals surface area contributed by atoms with E-state index in [1.807, 2.05) is 0 Å². The van der Waals surface area contributed by atoms with Gasteiger partial charge in [0.15, 0.2) is 0 Å². The number of rotatable bonds is 1. The summed E-state index contributed by atoms with van der Waals surface area (Å²) >= 11 is 0. The van der Waals surface area contributed by atoms with Gasteiger partial charge in [0.25, 0.3) is 0 Å². The number of alkyl halides is 1. The lowest BCUT2D eigenvalue weighted by molar-refractivity contribution is -0.0724. The van der Waals surface area contributed by atoms with Crippen LogP contribution in [0.5, 0.6) is 0 Å². The second kappa shape index (κ2) is 4.19. The molecule has 18 heavy (non-hydrogen) atoms. The van der Waals surface area contributed by atoms with Crippen molar-refractivity contribution in [3.05, 3.63) is 0 Å². The molecule has 0 amide bonds. The Hall–Kier alpha value is -0.110. The van der Waals surface area contributed by atoms with Gasteiger partial charge in [0.2, 0.25) is 0 Å². The maximum Gasteiger partial charge on any atom is 0.116 e. The third-order valence-electron chi connectivity index (χ3n) is 4.85. The Morgan fingerprint density at radius 2 is 1.61 bits per heavy atom. The highest BCUT2D eigenvalue weighted by atomic mass is 19.1. The zero-order chi connectivity index (χ0) is 13.8. The molecule has 1 aliphatic heterocycles. The SMILES string of the molecule is CC(C)(C)C1CC(F)(C2CC2)CCN1C(C)(C)C. The molecule has 2 unspecified atom stereocenters. The highest BCUT2D eigenvalue weighted by Gasteiger charge is 2.53. The van der Waals surface area contributed by atoms with Crippen LogP contribution in [0.1, 0.15) is 67.2 Å². The molecule has 0 radical (unpaired) electrons. The quantitative estimate of drug-likeness (QED) is 0.670. The van der Waals surface area contributed by atoms with Crippen LogP contribution in [-0.2, 0) is 0 Å². The van der Waals surface area contributed by atoms with Crippen molar-refractivity contribution in [1.29, 1.82) is 0 Å². The summed E-state index contributed by atoms with van der Waals surface area (Å²) in [7, 11) is 0. The minimum atomic E-state index is -0.875. The lowest BCUT2D eigenvalue weighted by Gasteiger charge is -2.53. The molecule has 0 aromatic carbocycles. The van der Waals surface area contributed by atoms with Gasteiger partial charge in [-0.2, -0.15) is 0 Å². The molecule has 0 aromatic rings. The van der Waals surface area contributed by atoms with Crippen LogP contribution in [0.25, 0.3) is 0 Å². The van der Waals surface area contributed by atoms with E-state index < -0.39 is 5.67 Å². The fourth-order valence-electron chi connectivity index (χ4n) is 3.54. The van der Waals surface area contributed by atoms with E-state index in [-0.39, 0.29) is 11.0 Å². The minimum Gasteiger partial charge on any atom is -0.295 e. The van der Waals surface area contributed by atoms with Gasteiger partial charge in [-0.15, -0.1) is 0 Å². The van der Waals surface area contributed by atoms with Crippen LogP contribution in [0, 0.1) is 11.3 Å². The van der Waals surface area contributed by atoms with Gasteiger partial charge >= 0.3 is 0 Å². The Bertz CT molecular complexity index is 308. The highest BCUT2D eigenvalue weighted by molar-refractivity contribution is 5.05. The van der Waals surface area contributed by atoms with Crippen LogP contribution in [0.3, 0.4) is 0 Å². The molecule has 1 nitrogen and oxygen atoms in total. The fraction of sp³-hybridized carbons (Fsp3) is 1.00. The van der Waals surface area contributed by atoms with Crippen molar-refractivity contribution in [2.45, 2.75) is 84.5 Å². The van der Waals surface area contributed by atoms with Gasteiger partial charge in [-0.25, -0.2) is 4.39 Å². The Labute approximate surface area is 112 Å². The van der Waals surface area contributed by atoms with E-state index in [0.717, 1.165) is 32.2 Å². The van der Waals surface area contributed by atoms with Crippen molar-refractivity contribution in [3.63, 3.8) is 0 Å². The summed E-state index contributed by atoms with van der Waals surface area (Å²) in [5, 5.41) is 0. The van der Waals surface area contributed by atoms with Crippen LogP contribution in [0.4, 0.5) is 4.39 Å². The summed E-state index contributed by atoms with van der Waals surface area (Å²) in [5.41, 5.74) is -0.581. The van der Waals surface area contributed by atoms with Gasteiger partial charge in [-0.05, 0) is 57.8 Å². The molecule has 1 aliphatic carbocycles. The molecule has 0 spiro atoms. The Morgan fingerprint density at radius 3 is 2.00 bits per heavy atom. The third kappa shape index (κ3) is 2.74. The standard InChI is InChI=1S/C16H30FN/c1-14(2,3)13-11-16(17,12-7-8-12)9-10-18(13)15(4,5)6/h12-13H,7-11H2,1-6H3. The molecule has 1 saturated heterocycles. The predicted octanol–water partition coefficient (Wildman–Crippen LogP) is 4.41. The molecule has 2 aliphatic rings. The zero-order valence-electron chi connectivity index (χ0n) is 13.0. The number of hydrogen-bond donors (Lipinski definition) is 0. The van der Waals surface area contributed by atoms with Gasteiger partial charge in [0, 0.05) is 18.1 Å². The van der Waals surface area contributed by atoms with Gasteiger partial charge in [-0.3, -0.25) is 4.90 Å². The van der Waals surface area contributed by atoms with Crippen LogP contribution in [0.15, 0.2) is 0 Å². The Balaban J connectivity index is 2.21. The molecule has 1 saturated carbocycles. The van der Waals surface area contributed by atoms with Crippen LogP contribution in [0.2, 0.25) is 0 Å². The molecule has 0 aromatic heterocycles. The molecule has 2 fully saturated rings. The van der Waals surface area contributed by atoms with Crippen molar-refractivity contribution in [2.75, 3.05) is 6.54 Å². The van der Waals surface area contributed by atoms with Crippen molar-refractivity contribution in [3.8, 4) is 0 Å². The minimum absolute atomic E-state index is 0.142. The van der Waals surface area contributed by atoms with Crippen molar-refractivity contribution in [1.82, 2.24) is 4.90 Å². The molecular weight excluding hydrogens is 225 g/mol. The van der Waals surface area contributed by atoms with Crippen molar-refractivity contribution < 1.29 is 4.39 Å². The van der Waals surface area contributed by atoms with Gasteiger partial charge in [-0.1, -0.05) is 20.8 Å². The second-order valence-electron chi connectivity index (χ2n) is 8.51. The predicted molar refractivity (Wildman–Crippen MR) is 75.5 cm³/mol. The highest BCUT2D eigenvalue weighted by Crippen LogP contribution is 2.52. The summed E-state index contributed by atoms with van der Waals surface area (Å²) in [6, 6.07) is 0.358. The van der Waals surface area contributed by atoms with Crippen LogP contribution >= 0.6 is 0 Å². The van der Waals surface area contributed by atoms with E-state index in [1.54, 1.807) is 0 Å². The average molecular weight is 255 g/mol. The Kier molecular flexibility index (Phi) is 3.33. The smallest absolute Gasteiger partial charge is 0.116 e. The third-order valence-corrected chi connectivity index (χ3v) is 4.85. The van der Waals surface area contributed by atoms with E-state index in [1.165, 1.54) is 0 Å². The van der Waals surface area contributed by atoms with E-state index in [2.05, 4.69) is 46.4 Å². The maximum absolute atomic E-state index is 15.1. The van der Waals surface area contributed by atoms with E-state index >= 15 is 4.39 Å². The normalized spacial score (nSPS) is 35.8. The van der Waals surface area contributed by atoms with Crippen molar-refractivity contribution >= 4 is 0 Å². The monoisotopic (exact) mass is 255 g/mol. The number of nitrogens with zero attached hydrogens (tertiary/aromatic N) is 1. The van der Waals surface area contributed by atoms with Crippen LogP contribution in [-0.4, -0.2) is 28.7 Å². The molecule has 0 N–H and O–H groups in total. The largest absolute Gasteiger partial charge is 0.295 e. The molecule has 106 valence electrons. The molecule has 2 atom stereocenters. The van der Waals surface area contributed by atoms with Gasteiger partial charge in [0.1, 0.15) is 5.67 Å². The number of hydrogen-bond acceptors (Lipinski definition) is 1. The van der Waals surface area contributed by atoms with E-state index in [4.69, 9.17) is 0 Å². The number of likely N-dealkylation sites (tertiary alicyclic amines) is 1. The fourth-order valence-corrected chi connectivity index (χ4v) is 3.54. The van der Waals surface area contributed by atoms with Crippen molar-refractivity contribution in [2.24, 2.45) is 11.3 Å². The molecule has 0 bridgehead atoms. The molecular formula is C16H30FN. The first-order valence-corrected chi connectivity index (χ1v) is 7.50. The summed E-state index contributed by atoms with van der Waals surface area (Å²) in [6.07, 6.45) is 3.70. The maximum atomic E-state index is 15.1. The summed E-state index contributed by atoms with van der Waals surface area (Å²) < 4.78 is 15.1. The molecule has 2 rings (SSSR count). The first-order valence-electron chi connectivity index (χ1n) is 7.50. The van der Waals surface area contributed by atoms with Gasteiger partial charge in [0.05, 0.1) is 0 Å². The first-order chi connectivity index (χ1) is 8.04. The Morgan fingerprint density at radius 1 is 1.06 bits per heavy atom. The lowest BCUT2D eigenvalue weighted by atomic mass is 9.72. The molecule has 2 heteroatoms. The summed E-state index contributed by atoms with van der Waals surface area (Å²) in [5.74, 6) is 0.365. The zero-order valence-corrected chi connectivity index (χ0v) is 13.0. The van der Waals surface area contributed by atoms with E-state index in [0.29, 0.717) is 12.0 Å². The number of piperidine rings is 1.